The largest absolute Gasteiger partial charge is 0.479 e. The highest BCUT2D eigenvalue weighted by Gasteiger charge is 2.48. The fourth-order valence-corrected chi connectivity index (χ4v) is 4.61. The molecule has 0 radical (unpaired) electrons. The lowest BCUT2D eigenvalue weighted by molar-refractivity contribution is -0.0788. The van der Waals surface area contributed by atoms with Crippen LogP contribution in [0.25, 0.3) is 27.7 Å². The van der Waals surface area contributed by atoms with Crippen molar-refractivity contribution in [3.8, 4) is 17.0 Å². The molecule has 35 heavy (non-hydrogen) atoms. The number of aromatic nitrogens is 6. The van der Waals surface area contributed by atoms with Crippen LogP contribution in [0.2, 0.25) is 0 Å². The van der Waals surface area contributed by atoms with E-state index in [0.29, 0.717) is 15.9 Å². The molecular formula is C22H24F4N8O. The van der Waals surface area contributed by atoms with Gasteiger partial charge in [0.05, 0.1) is 42.9 Å². The van der Waals surface area contributed by atoms with Crippen LogP contribution in [0.3, 0.4) is 0 Å². The summed E-state index contributed by atoms with van der Waals surface area (Å²) in [7, 11) is 1.27. The molecule has 3 aromatic heterocycles. The Balaban J connectivity index is 1.73. The Bertz CT molecular complexity index is 1520. The minimum Gasteiger partial charge on any atom is -0.479 e. The first-order valence-corrected chi connectivity index (χ1v) is 10.8. The van der Waals surface area contributed by atoms with E-state index in [4.69, 9.17) is 14.6 Å². The number of likely N-dealkylation sites (tertiary alicyclic amines) is 1. The molecule has 1 aliphatic heterocycles. The fraction of sp³-hybridized carbons (Fsp3) is 0.455. The number of hydrogen-bond acceptors (Lipinski definition) is 7. The van der Waals surface area contributed by atoms with E-state index in [1.54, 1.807) is 6.07 Å². The fourth-order valence-electron chi connectivity index (χ4n) is 4.61. The standard InChI is InChI=1S/C22H24F4N8O/c1-11(23)9-33-15-8-12(4-5-14(15)29-31-33)16-17(24)18(13-6-7-32(2)10-22(13,25)26)34-19(16)20(35-3)28-21(27)30-34/h4-5,8,11,13H,6-7,9-10H2,1-3H3,(H2,27,30)/t11-,13-/m1/s1/i2D3. The summed E-state index contributed by atoms with van der Waals surface area (Å²) in [5, 5.41) is 12.0. The third-order valence-electron chi connectivity index (χ3n) is 6.09. The molecular weight excluding hydrogens is 468 g/mol. The van der Waals surface area contributed by atoms with E-state index in [2.05, 4.69) is 20.4 Å². The second-order valence-electron chi connectivity index (χ2n) is 8.59. The molecule has 0 saturated carbocycles. The molecule has 0 spiro atoms. The van der Waals surface area contributed by atoms with E-state index < -0.39 is 43.0 Å². The van der Waals surface area contributed by atoms with Gasteiger partial charge in [-0.3, -0.25) is 0 Å². The minimum atomic E-state index is -3.62. The third-order valence-corrected chi connectivity index (χ3v) is 6.09. The van der Waals surface area contributed by atoms with E-state index in [1.165, 1.54) is 30.8 Å². The van der Waals surface area contributed by atoms with Gasteiger partial charge >= 0.3 is 0 Å². The van der Waals surface area contributed by atoms with E-state index in [9.17, 15) is 4.39 Å². The minimum absolute atomic E-state index is 0.0412. The summed E-state index contributed by atoms with van der Waals surface area (Å²) in [5.41, 5.74) is 6.22. The Morgan fingerprint density at radius 2 is 2.17 bits per heavy atom. The molecule has 2 N–H and O–H groups in total. The van der Waals surface area contributed by atoms with Crippen LogP contribution in [0.15, 0.2) is 18.2 Å². The SMILES string of the molecule is [2H]C([2H])([2H])N1CC[C@H](c2c(F)c(-c3ccc4nnn(C[C@@H](C)F)c4c3)c3c(OC)nc(N)nn23)C(F)(F)C1. The lowest BCUT2D eigenvalue weighted by Gasteiger charge is -2.36. The van der Waals surface area contributed by atoms with Crippen molar-refractivity contribution in [3.63, 3.8) is 0 Å². The number of fused-ring (bicyclic) bond motifs is 2. The first-order valence-electron chi connectivity index (χ1n) is 12.3. The highest BCUT2D eigenvalue weighted by molar-refractivity contribution is 5.90. The number of rotatable bonds is 5. The smallest absolute Gasteiger partial charge is 0.268 e. The monoisotopic (exact) mass is 495 g/mol. The van der Waals surface area contributed by atoms with Crippen LogP contribution in [-0.2, 0) is 6.54 Å². The predicted molar refractivity (Wildman–Crippen MR) is 121 cm³/mol. The zero-order chi connectivity index (χ0) is 27.6. The van der Waals surface area contributed by atoms with Crippen LogP contribution in [0.1, 0.15) is 29.1 Å². The van der Waals surface area contributed by atoms with Gasteiger partial charge in [0.25, 0.3) is 5.92 Å². The van der Waals surface area contributed by atoms with Crippen LogP contribution >= 0.6 is 0 Å². The van der Waals surface area contributed by atoms with Gasteiger partial charge in [-0.05, 0) is 44.6 Å². The van der Waals surface area contributed by atoms with Crippen molar-refractivity contribution in [1.82, 2.24) is 34.5 Å². The third kappa shape index (κ3) is 3.83. The summed E-state index contributed by atoms with van der Waals surface area (Å²) >= 11 is 0. The zero-order valence-corrected chi connectivity index (χ0v) is 18.8. The number of anilines is 1. The Morgan fingerprint density at radius 3 is 2.86 bits per heavy atom. The number of benzene rings is 1. The molecule has 4 heterocycles. The van der Waals surface area contributed by atoms with Crippen LogP contribution in [-0.4, -0.2) is 73.8 Å². The first-order chi connectivity index (χ1) is 17.8. The Hall–Kier alpha value is -3.48. The second kappa shape index (κ2) is 8.33. The van der Waals surface area contributed by atoms with Gasteiger partial charge in [0, 0.05) is 4.11 Å². The van der Waals surface area contributed by atoms with Gasteiger partial charge in [0.15, 0.2) is 5.82 Å². The second-order valence-corrected chi connectivity index (χ2v) is 8.59. The molecule has 9 nitrogen and oxygen atoms in total. The number of nitrogen functional groups attached to an aromatic ring is 1. The van der Waals surface area contributed by atoms with Crippen molar-refractivity contribution >= 4 is 22.5 Å². The summed E-state index contributed by atoms with van der Waals surface area (Å²) < 4.78 is 91.1. The normalized spacial score (nSPS) is 21.1. The van der Waals surface area contributed by atoms with Crippen LogP contribution in [0.5, 0.6) is 5.88 Å². The van der Waals surface area contributed by atoms with Gasteiger partial charge in [0.1, 0.15) is 17.2 Å². The maximum atomic E-state index is 16.4. The van der Waals surface area contributed by atoms with Gasteiger partial charge in [-0.25, -0.2) is 26.8 Å². The van der Waals surface area contributed by atoms with Gasteiger partial charge in [-0.2, -0.15) is 4.98 Å². The summed E-state index contributed by atoms with van der Waals surface area (Å²) in [5.74, 6) is -6.83. The molecule has 1 fully saturated rings. The molecule has 0 bridgehead atoms. The number of piperidine rings is 1. The molecule has 1 aromatic carbocycles. The molecule has 186 valence electrons. The molecule has 5 rings (SSSR count). The Morgan fingerprint density at radius 1 is 1.37 bits per heavy atom. The zero-order valence-electron chi connectivity index (χ0n) is 21.8. The molecule has 0 unspecified atom stereocenters. The van der Waals surface area contributed by atoms with E-state index >= 15 is 13.2 Å². The van der Waals surface area contributed by atoms with Crippen molar-refractivity contribution < 1.29 is 26.4 Å². The molecule has 1 saturated heterocycles. The highest BCUT2D eigenvalue weighted by atomic mass is 19.3. The maximum absolute atomic E-state index is 16.4. The topological polar surface area (TPSA) is 99.4 Å². The van der Waals surface area contributed by atoms with Crippen LogP contribution < -0.4 is 10.5 Å². The van der Waals surface area contributed by atoms with E-state index in [1.807, 2.05) is 0 Å². The lowest BCUT2D eigenvalue weighted by Crippen LogP contribution is -2.46. The summed E-state index contributed by atoms with van der Waals surface area (Å²) in [6, 6.07) is 4.59. The predicted octanol–water partition coefficient (Wildman–Crippen LogP) is 3.28. The first kappa shape index (κ1) is 19.8. The molecule has 4 aromatic rings. The number of hydrogen-bond donors (Lipinski definition) is 1. The number of nitrogens with zero attached hydrogens (tertiary/aromatic N) is 7. The van der Waals surface area contributed by atoms with Gasteiger partial charge < -0.3 is 15.4 Å². The van der Waals surface area contributed by atoms with Gasteiger partial charge in [0.2, 0.25) is 11.8 Å². The molecule has 0 amide bonds. The molecule has 2 atom stereocenters. The van der Waals surface area contributed by atoms with Crippen molar-refractivity contribution in [2.45, 2.75) is 37.9 Å². The lowest BCUT2D eigenvalue weighted by atomic mass is 9.89. The van der Waals surface area contributed by atoms with Gasteiger partial charge in [-0.15, -0.1) is 10.2 Å². The van der Waals surface area contributed by atoms with E-state index in [0.717, 1.165) is 4.52 Å². The Labute approximate surface area is 201 Å². The number of methoxy groups -OCH3 is 1. The molecule has 0 aliphatic carbocycles. The number of ether oxygens (including phenoxy) is 1. The van der Waals surface area contributed by atoms with Crippen LogP contribution in [0.4, 0.5) is 23.5 Å². The summed E-state index contributed by atoms with van der Waals surface area (Å²) in [6.45, 7) is -2.77. The summed E-state index contributed by atoms with van der Waals surface area (Å²) in [6.07, 6.45) is -1.59. The average molecular weight is 495 g/mol. The Kier molecular flexibility index (Phi) is 4.71. The maximum Gasteiger partial charge on any atom is 0.268 e. The van der Waals surface area contributed by atoms with Crippen molar-refractivity contribution in [3.05, 3.63) is 29.7 Å². The average Bonchev–Trinajstić information content (AvgIpc) is 3.34. The van der Waals surface area contributed by atoms with Crippen molar-refractivity contribution in [2.24, 2.45) is 0 Å². The molecule has 13 heteroatoms. The van der Waals surface area contributed by atoms with Crippen molar-refractivity contribution in [1.29, 1.82) is 0 Å². The number of alkyl halides is 3. The van der Waals surface area contributed by atoms with Gasteiger partial charge in [-0.1, -0.05) is 11.3 Å². The number of nitrogens with two attached hydrogens (primary N) is 1. The van der Waals surface area contributed by atoms with E-state index in [-0.39, 0.29) is 48.0 Å². The van der Waals surface area contributed by atoms with Crippen molar-refractivity contribution in [2.75, 3.05) is 32.9 Å². The summed E-state index contributed by atoms with van der Waals surface area (Å²) in [4.78, 5) is 4.69. The molecule has 1 aliphatic rings. The number of halogens is 4. The quantitative estimate of drug-likeness (QED) is 0.424. The van der Waals surface area contributed by atoms with Crippen LogP contribution in [0, 0.1) is 5.82 Å². The highest BCUT2D eigenvalue weighted by Crippen LogP contribution is 2.46.